The Kier molecular flexibility index (Phi) is 4.56. The molecule has 0 spiro atoms. The van der Waals surface area contributed by atoms with Gasteiger partial charge in [-0.25, -0.2) is 0 Å². The summed E-state index contributed by atoms with van der Waals surface area (Å²) in [5.41, 5.74) is 1.24. The number of nitriles is 1. The summed E-state index contributed by atoms with van der Waals surface area (Å²) >= 11 is 5.93. The summed E-state index contributed by atoms with van der Waals surface area (Å²) in [4.78, 5) is 10.9. The van der Waals surface area contributed by atoms with Gasteiger partial charge in [-0.2, -0.15) is 5.26 Å². The van der Waals surface area contributed by atoms with E-state index in [1.54, 1.807) is 30.4 Å². The second-order valence-electron chi connectivity index (χ2n) is 3.03. The topological polar surface area (TPSA) is 50.1 Å². The van der Waals surface area contributed by atoms with Crippen molar-refractivity contribution >= 4 is 23.6 Å². The van der Waals surface area contributed by atoms with Gasteiger partial charge in [-0.3, -0.25) is 4.79 Å². The van der Waals surface area contributed by atoms with Crippen LogP contribution in [-0.4, -0.2) is 13.1 Å². The number of nitrogens with zero attached hydrogens (tertiary/aromatic N) is 1. The predicted octanol–water partition coefficient (Wildman–Crippen LogP) is 2.79. The van der Waals surface area contributed by atoms with Crippen molar-refractivity contribution in [3.63, 3.8) is 0 Å². The molecule has 16 heavy (non-hydrogen) atoms. The summed E-state index contributed by atoms with van der Waals surface area (Å²) in [7, 11) is 1.33. The van der Waals surface area contributed by atoms with Gasteiger partial charge in [0, 0.05) is 5.02 Å². The van der Waals surface area contributed by atoms with Gasteiger partial charge in [0.15, 0.2) is 0 Å². The fourth-order valence-electron chi connectivity index (χ4n) is 1.11. The average Bonchev–Trinajstić information content (AvgIpc) is 2.31. The van der Waals surface area contributed by atoms with Crippen molar-refractivity contribution in [3.05, 3.63) is 40.4 Å². The first-order valence-electron chi connectivity index (χ1n) is 4.60. The first-order valence-corrected chi connectivity index (χ1v) is 4.98. The van der Waals surface area contributed by atoms with Gasteiger partial charge >= 0.3 is 5.97 Å². The second kappa shape index (κ2) is 5.94. The predicted molar refractivity (Wildman–Crippen MR) is 61.8 cm³/mol. The van der Waals surface area contributed by atoms with Crippen LogP contribution in [0.2, 0.25) is 5.02 Å². The Hall–Kier alpha value is -1.79. The van der Waals surface area contributed by atoms with Crippen LogP contribution in [0.3, 0.4) is 0 Å². The van der Waals surface area contributed by atoms with Gasteiger partial charge in [0.25, 0.3) is 0 Å². The maximum atomic E-state index is 10.9. The third-order valence-corrected chi connectivity index (χ3v) is 2.28. The summed E-state index contributed by atoms with van der Waals surface area (Å²) in [5, 5.41) is 9.26. The fourth-order valence-corrected chi connectivity index (χ4v) is 1.29. The zero-order valence-electron chi connectivity index (χ0n) is 8.74. The van der Waals surface area contributed by atoms with E-state index in [-0.39, 0.29) is 12.4 Å². The number of halogens is 1. The molecule has 0 aromatic heterocycles. The largest absolute Gasteiger partial charge is 0.469 e. The number of carbonyl (C=O) groups is 1. The number of hydrogen-bond acceptors (Lipinski definition) is 3. The minimum absolute atomic E-state index is 0.184. The lowest BCUT2D eigenvalue weighted by Gasteiger charge is -1.98. The third-order valence-electron chi connectivity index (χ3n) is 1.93. The lowest BCUT2D eigenvalue weighted by atomic mass is 10.1. The molecule has 0 aliphatic rings. The highest BCUT2D eigenvalue weighted by Gasteiger charge is 1.99. The van der Waals surface area contributed by atoms with Crippen LogP contribution in [0, 0.1) is 11.3 Å². The Labute approximate surface area is 98.9 Å². The van der Waals surface area contributed by atoms with Crippen LogP contribution in [0.15, 0.2) is 24.3 Å². The maximum Gasteiger partial charge on any atom is 0.309 e. The van der Waals surface area contributed by atoms with Crippen LogP contribution in [0.4, 0.5) is 0 Å². The molecule has 0 N–H and O–H groups in total. The molecular weight excluding hydrogens is 226 g/mol. The average molecular weight is 236 g/mol. The Morgan fingerprint density at radius 3 is 3.00 bits per heavy atom. The molecule has 4 heteroatoms. The highest BCUT2D eigenvalue weighted by Crippen LogP contribution is 2.18. The molecule has 0 unspecified atom stereocenters. The number of benzene rings is 1. The van der Waals surface area contributed by atoms with Crippen molar-refractivity contribution in [2.24, 2.45) is 0 Å². The second-order valence-corrected chi connectivity index (χ2v) is 3.44. The monoisotopic (exact) mass is 235 g/mol. The molecule has 0 amide bonds. The van der Waals surface area contributed by atoms with E-state index in [9.17, 15) is 4.79 Å². The maximum absolute atomic E-state index is 10.9. The molecule has 1 aromatic rings. The van der Waals surface area contributed by atoms with Gasteiger partial charge in [-0.15, -0.1) is 0 Å². The molecule has 82 valence electrons. The lowest BCUT2D eigenvalue weighted by molar-refractivity contribution is -0.139. The van der Waals surface area contributed by atoms with E-state index in [4.69, 9.17) is 16.9 Å². The van der Waals surface area contributed by atoms with E-state index in [0.29, 0.717) is 16.1 Å². The van der Waals surface area contributed by atoms with Gasteiger partial charge in [0.05, 0.1) is 25.2 Å². The van der Waals surface area contributed by atoms with Crippen molar-refractivity contribution in [1.82, 2.24) is 0 Å². The molecule has 1 aromatic carbocycles. The molecular formula is C12H10ClNO2. The Bertz CT molecular complexity index is 461. The van der Waals surface area contributed by atoms with Crippen LogP contribution < -0.4 is 0 Å². The first kappa shape index (κ1) is 12.3. The van der Waals surface area contributed by atoms with Gasteiger partial charge < -0.3 is 4.74 Å². The van der Waals surface area contributed by atoms with Crippen molar-refractivity contribution in [2.45, 2.75) is 6.42 Å². The van der Waals surface area contributed by atoms with Crippen LogP contribution in [0.1, 0.15) is 17.5 Å². The molecule has 0 atom stereocenters. The van der Waals surface area contributed by atoms with E-state index in [0.717, 1.165) is 0 Å². The zero-order valence-corrected chi connectivity index (χ0v) is 9.49. The standard InChI is InChI=1S/C12H10ClNO2/c1-16-12(15)4-2-3-10-7-9(8-14)5-6-11(10)13/h2-3,5-7H,4H2,1H3. The van der Waals surface area contributed by atoms with Gasteiger partial charge in [0.2, 0.25) is 0 Å². The van der Waals surface area contributed by atoms with Crippen LogP contribution >= 0.6 is 11.6 Å². The highest BCUT2D eigenvalue weighted by molar-refractivity contribution is 6.32. The molecule has 0 radical (unpaired) electrons. The number of esters is 1. The third kappa shape index (κ3) is 3.41. The molecule has 0 saturated carbocycles. The smallest absolute Gasteiger partial charge is 0.309 e. The SMILES string of the molecule is COC(=O)CC=Cc1cc(C#N)ccc1Cl. The van der Waals surface area contributed by atoms with E-state index >= 15 is 0 Å². The number of carbonyl (C=O) groups excluding carboxylic acids is 1. The summed E-state index contributed by atoms with van der Waals surface area (Å²) in [6.07, 6.45) is 3.53. The molecule has 1 rings (SSSR count). The lowest BCUT2D eigenvalue weighted by Crippen LogP contribution is -1.96. The number of ether oxygens (including phenoxy) is 1. The van der Waals surface area contributed by atoms with Crippen LogP contribution in [0.25, 0.3) is 6.08 Å². The minimum Gasteiger partial charge on any atom is -0.469 e. The summed E-state index contributed by atoms with van der Waals surface area (Å²) in [5.74, 6) is -0.316. The molecule has 0 fully saturated rings. The van der Waals surface area contributed by atoms with Crippen molar-refractivity contribution in [2.75, 3.05) is 7.11 Å². The zero-order chi connectivity index (χ0) is 12.0. The first-order chi connectivity index (χ1) is 7.67. The number of hydrogen-bond donors (Lipinski definition) is 0. The van der Waals surface area contributed by atoms with Crippen molar-refractivity contribution < 1.29 is 9.53 Å². The summed E-state index contributed by atoms with van der Waals surface area (Å²) in [6, 6.07) is 6.97. The Morgan fingerprint density at radius 2 is 2.38 bits per heavy atom. The quantitative estimate of drug-likeness (QED) is 0.757. The van der Waals surface area contributed by atoms with Gasteiger partial charge in [-0.05, 0) is 23.8 Å². The highest BCUT2D eigenvalue weighted by atomic mass is 35.5. The van der Waals surface area contributed by atoms with Crippen molar-refractivity contribution in [1.29, 1.82) is 5.26 Å². The van der Waals surface area contributed by atoms with Crippen LogP contribution in [-0.2, 0) is 9.53 Å². The molecule has 0 bridgehead atoms. The van der Waals surface area contributed by atoms with Crippen molar-refractivity contribution in [3.8, 4) is 6.07 Å². The number of methoxy groups -OCH3 is 1. The molecule has 0 aliphatic carbocycles. The molecule has 0 aliphatic heterocycles. The molecule has 0 heterocycles. The van der Waals surface area contributed by atoms with E-state index in [1.165, 1.54) is 7.11 Å². The summed E-state index contributed by atoms with van der Waals surface area (Å²) < 4.78 is 4.49. The van der Waals surface area contributed by atoms with Gasteiger partial charge in [0.1, 0.15) is 0 Å². The van der Waals surface area contributed by atoms with Gasteiger partial charge in [-0.1, -0.05) is 23.8 Å². The Morgan fingerprint density at radius 1 is 1.62 bits per heavy atom. The molecule has 3 nitrogen and oxygen atoms in total. The fraction of sp³-hybridized carbons (Fsp3) is 0.167. The van der Waals surface area contributed by atoms with Crippen LogP contribution in [0.5, 0.6) is 0 Å². The van der Waals surface area contributed by atoms with E-state index < -0.39 is 0 Å². The Balaban J connectivity index is 2.80. The van der Waals surface area contributed by atoms with E-state index in [1.807, 2.05) is 6.07 Å². The number of rotatable bonds is 3. The minimum atomic E-state index is -0.316. The normalized spacial score (nSPS) is 10.1. The molecule has 0 saturated heterocycles. The van der Waals surface area contributed by atoms with E-state index in [2.05, 4.69) is 4.74 Å². The summed E-state index contributed by atoms with van der Waals surface area (Å²) in [6.45, 7) is 0.